The Balaban J connectivity index is 2.15. The zero-order chi connectivity index (χ0) is 14.5. The third-order valence-corrected chi connectivity index (χ3v) is 2.72. The molecule has 1 aromatic heterocycles. The van der Waals surface area contributed by atoms with Crippen molar-refractivity contribution in [1.82, 2.24) is 9.78 Å². The van der Waals surface area contributed by atoms with Gasteiger partial charge in [-0.2, -0.15) is 5.10 Å². The molecule has 0 fully saturated rings. The van der Waals surface area contributed by atoms with E-state index in [1.54, 1.807) is 35.3 Å². The second-order valence-corrected chi connectivity index (χ2v) is 4.26. The number of nitrogen functional groups attached to an aromatic ring is 1. The zero-order valence-electron chi connectivity index (χ0n) is 11.6. The molecule has 106 valence electrons. The number of carbonyl (C=O) groups is 1. The van der Waals surface area contributed by atoms with Crippen molar-refractivity contribution in [2.24, 2.45) is 0 Å². The molecule has 1 aromatic carbocycles. The number of nitrogens with zero attached hydrogens (tertiary/aromatic N) is 2. The number of hydrogen-bond donors (Lipinski definition) is 2. The smallest absolute Gasteiger partial charge is 0.255 e. The Hall–Kier alpha value is -2.50. The van der Waals surface area contributed by atoms with Crippen LogP contribution >= 0.6 is 0 Å². The molecule has 0 aliphatic heterocycles. The van der Waals surface area contributed by atoms with Gasteiger partial charge in [-0.1, -0.05) is 0 Å². The van der Waals surface area contributed by atoms with Crippen LogP contribution in [0, 0.1) is 0 Å². The summed E-state index contributed by atoms with van der Waals surface area (Å²) in [6.07, 6.45) is 3.38. The molecule has 2 rings (SSSR count). The van der Waals surface area contributed by atoms with E-state index in [1.807, 2.05) is 13.8 Å². The van der Waals surface area contributed by atoms with E-state index in [0.717, 1.165) is 6.54 Å². The van der Waals surface area contributed by atoms with Crippen LogP contribution in [0.2, 0.25) is 0 Å². The molecule has 6 nitrogen and oxygen atoms in total. The lowest BCUT2D eigenvalue weighted by Crippen LogP contribution is -2.12. The number of hydrogen-bond acceptors (Lipinski definition) is 4. The van der Waals surface area contributed by atoms with Crippen molar-refractivity contribution in [1.29, 1.82) is 0 Å². The average Bonchev–Trinajstić information content (AvgIpc) is 2.86. The fourth-order valence-corrected chi connectivity index (χ4v) is 1.81. The predicted molar refractivity (Wildman–Crippen MR) is 77.9 cm³/mol. The highest BCUT2D eigenvalue weighted by atomic mass is 16.5. The lowest BCUT2D eigenvalue weighted by atomic mass is 10.1. The molecule has 0 aliphatic rings. The number of aromatic nitrogens is 2. The number of nitrogens with one attached hydrogen (secondary N) is 1. The van der Waals surface area contributed by atoms with E-state index in [9.17, 15) is 4.79 Å². The highest BCUT2D eigenvalue weighted by molar-refractivity contribution is 6.04. The Labute approximate surface area is 117 Å². The number of carbonyl (C=O) groups excluding carboxylic acids is 1. The molecule has 1 amide bonds. The van der Waals surface area contributed by atoms with Crippen molar-refractivity contribution in [3.05, 3.63) is 36.2 Å². The van der Waals surface area contributed by atoms with Crippen molar-refractivity contribution in [3.63, 3.8) is 0 Å². The molecule has 3 N–H and O–H groups in total. The minimum Gasteiger partial charge on any atom is -0.494 e. The minimum atomic E-state index is -0.242. The van der Waals surface area contributed by atoms with Gasteiger partial charge in [0.25, 0.3) is 5.91 Å². The first-order valence-corrected chi connectivity index (χ1v) is 6.49. The van der Waals surface area contributed by atoms with Gasteiger partial charge in [0.05, 0.1) is 18.5 Å². The van der Waals surface area contributed by atoms with Crippen LogP contribution in [0.25, 0.3) is 0 Å². The molecule has 0 saturated carbocycles. The first-order chi connectivity index (χ1) is 9.62. The molecule has 20 heavy (non-hydrogen) atoms. The molecular weight excluding hydrogens is 256 g/mol. The Morgan fingerprint density at radius 3 is 2.85 bits per heavy atom. The average molecular weight is 274 g/mol. The monoisotopic (exact) mass is 274 g/mol. The maximum Gasteiger partial charge on any atom is 0.255 e. The van der Waals surface area contributed by atoms with Crippen LogP contribution in [-0.4, -0.2) is 22.3 Å². The van der Waals surface area contributed by atoms with Gasteiger partial charge in [0.1, 0.15) is 5.75 Å². The molecule has 1 heterocycles. The summed E-state index contributed by atoms with van der Waals surface area (Å²) < 4.78 is 7.11. The van der Waals surface area contributed by atoms with Gasteiger partial charge >= 0.3 is 0 Å². The third-order valence-electron chi connectivity index (χ3n) is 2.72. The fraction of sp³-hybridized carbons (Fsp3) is 0.286. The Kier molecular flexibility index (Phi) is 4.24. The summed E-state index contributed by atoms with van der Waals surface area (Å²) in [5.41, 5.74) is 7.37. The molecule has 0 spiro atoms. The molecule has 0 atom stereocenters. The molecule has 0 unspecified atom stereocenters. The van der Waals surface area contributed by atoms with Gasteiger partial charge in [-0.05, 0) is 26.0 Å². The largest absolute Gasteiger partial charge is 0.494 e. The SMILES string of the molecule is CCOc1cc(N)cc(C(=O)Nc2cnn(CC)c2)c1. The van der Waals surface area contributed by atoms with Gasteiger partial charge in [-0.3, -0.25) is 9.48 Å². The van der Waals surface area contributed by atoms with Crippen LogP contribution in [-0.2, 0) is 6.54 Å². The van der Waals surface area contributed by atoms with E-state index in [0.29, 0.717) is 29.3 Å². The number of ether oxygens (including phenoxy) is 1. The van der Waals surface area contributed by atoms with Crippen molar-refractivity contribution < 1.29 is 9.53 Å². The van der Waals surface area contributed by atoms with Crippen molar-refractivity contribution in [2.75, 3.05) is 17.7 Å². The van der Waals surface area contributed by atoms with Crippen LogP contribution in [0.4, 0.5) is 11.4 Å². The number of benzene rings is 1. The minimum absolute atomic E-state index is 0.242. The van der Waals surface area contributed by atoms with Crippen LogP contribution in [0.15, 0.2) is 30.6 Å². The van der Waals surface area contributed by atoms with Gasteiger partial charge in [0, 0.05) is 30.1 Å². The quantitative estimate of drug-likeness (QED) is 0.818. The third kappa shape index (κ3) is 3.28. The standard InChI is InChI=1S/C14H18N4O2/c1-3-18-9-12(8-16-18)17-14(19)10-5-11(15)7-13(6-10)20-4-2/h5-9H,3-4,15H2,1-2H3,(H,17,19). The van der Waals surface area contributed by atoms with Gasteiger partial charge < -0.3 is 15.8 Å². The van der Waals surface area contributed by atoms with Crippen molar-refractivity contribution in [3.8, 4) is 5.75 Å². The van der Waals surface area contributed by atoms with E-state index in [4.69, 9.17) is 10.5 Å². The maximum absolute atomic E-state index is 12.2. The summed E-state index contributed by atoms with van der Waals surface area (Å²) in [6.45, 7) is 5.13. The van der Waals surface area contributed by atoms with Gasteiger partial charge in [0.2, 0.25) is 0 Å². The summed E-state index contributed by atoms with van der Waals surface area (Å²) in [7, 11) is 0. The van der Waals surface area contributed by atoms with Crippen LogP contribution in [0.3, 0.4) is 0 Å². The first kappa shape index (κ1) is 13.9. The summed E-state index contributed by atoms with van der Waals surface area (Å²) >= 11 is 0. The summed E-state index contributed by atoms with van der Waals surface area (Å²) in [5.74, 6) is 0.343. The van der Waals surface area contributed by atoms with Gasteiger partial charge in [0.15, 0.2) is 0 Å². The number of rotatable bonds is 5. The number of anilines is 2. The van der Waals surface area contributed by atoms with Crippen LogP contribution in [0.1, 0.15) is 24.2 Å². The summed E-state index contributed by atoms with van der Waals surface area (Å²) in [6, 6.07) is 4.97. The maximum atomic E-state index is 12.2. The molecule has 2 aromatic rings. The highest BCUT2D eigenvalue weighted by Crippen LogP contribution is 2.20. The molecule has 0 bridgehead atoms. The van der Waals surface area contributed by atoms with Gasteiger partial charge in [-0.15, -0.1) is 0 Å². The van der Waals surface area contributed by atoms with Crippen LogP contribution < -0.4 is 15.8 Å². The summed E-state index contributed by atoms with van der Waals surface area (Å²) in [4.78, 5) is 12.2. The molecule has 0 radical (unpaired) electrons. The number of nitrogens with two attached hydrogens (primary N) is 1. The molecule has 0 saturated heterocycles. The molecule has 6 heteroatoms. The van der Waals surface area contributed by atoms with Gasteiger partial charge in [-0.25, -0.2) is 0 Å². The lowest BCUT2D eigenvalue weighted by Gasteiger charge is -2.08. The van der Waals surface area contributed by atoms with Crippen molar-refractivity contribution >= 4 is 17.3 Å². The highest BCUT2D eigenvalue weighted by Gasteiger charge is 2.10. The molecular formula is C14H18N4O2. The van der Waals surface area contributed by atoms with E-state index < -0.39 is 0 Å². The van der Waals surface area contributed by atoms with E-state index in [1.165, 1.54) is 0 Å². The normalized spacial score (nSPS) is 10.3. The van der Waals surface area contributed by atoms with E-state index in [2.05, 4.69) is 10.4 Å². The Morgan fingerprint density at radius 2 is 2.20 bits per heavy atom. The zero-order valence-corrected chi connectivity index (χ0v) is 11.6. The summed E-state index contributed by atoms with van der Waals surface area (Å²) in [5, 5.41) is 6.87. The second kappa shape index (κ2) is 6.10. The fourth-order valence-electron chi connectivity index (χ4n) is 1.81. The van der Waals surface area contributed by atoms with Crippen LogP contribution in [0.5, 0.6) is 5.75 Å². The van der Waals surface area contributed by atoms with Crippen molar-refractivity contribution in [2.45, 2.75) is 20.4 Å². The number of amides is 1. The number of aryl methyl sites for hydroxylation is 1. The topological polar surface area (TPSA) is 82.2 Å². The Morgan fingerprint density at radius 1 is 1.40 bits per heavy atom. The second-order valence-electron chi connectivity index (χ2n) is 4.26. The molecule has 0 aliphatic carbocycles. The predicted octanol–water partition coefficient (Wildman–Crippen LogP) is 2.14. The lowest BCUT2D eigenvalue weighted by molar-refractivity contribution is 0.102. The van der Waals surface area contributed by atoms with E-state index in [-0.39, 0.29) is 5.91 Å². The van der Waals surface area contributed by atoms with E-state index >= 15 is 0 Å². The first-order valence-electron chi connectivity index (χ1n) is 6.49. The Bertz CT molecular complexity index is 607.